The van der Waals surface area contributed by atoms with Crippen molar-refractivity contribution in [3.63, 3.8) is 0 Å². The summed E-state index contributed by atoms with van der Waals surface area (Å²) in [4.78, 5) is 12.7. The van der Waals surface area contributed by atoms with Gasteiger partial charge in [-0.1, -0.05) is 0 Å². The van der Waals surface area contributed by atoms with Crippen molar-refractivity contribution in [2.45, 2.75) is 31.9 Å². The summed E-state index contributed by atoms with van der Waals surface area (Å²) >= 11 is 0. The molecule has 2 N–H and O–H groups in total. The number of amides is 1. The van der Waals surface area contributed by atoms with E-state index in [4.69, 9.17) is 9.47 Å². The molecule has 0 radical (unpaired) electrons. The first-order valence-corrected chi connectivity index (χ1v) is 10.7. The second kappa shape index (κ2) is 7.35. The summed E-state index contributed by atoms with van der Waals surface area (Å²) in [5.41, 5.74) is 1.30. The number of sulfonamides is 1. The lowest BCUT2D eigenvalue weighted by atomic mass is 9.89. The van der Waals surface area contributed by atoms with Gasteiger partial charge >= 0.3 is 0 Å². The highest BCUT2D eigenvalue weighted by Crippen LogP contribution is 2.41. The average molecular weight is 404 g/mol. The third-order valence-corrected chi connectivity index (χ3v) is 5.04. The number of benzene rings is 2. The number of anilines is 1. The summed E-state index contributed by atoms with van der Waals surface area (Å²) < 4.78 is 36.3. The molecule has 1 amide bonds. The number of rotatable bonds is 5. The largest absolute Gasteiger partial charge is 0.497 e. The maximum atomic E-state index is 12.7. The Hall–Kier alpha value is -2.74. The molecule has 3 rings (SSSR count). The fourth-order valence-corrected chi connectivity index (χ4v) is 3.80. The molecule has 8 heteroatoms. The standard InChI is InChI=1S/C20H24N2O5S/c1-20(2)12-17(16-10-9-15(26-3)11-18(16)27-20)21-19(23)13-5-7-14(8-6-13)22-28(4,24)25/h5-11,17,22H,12H2,1-4H3,(H,21,23). The summed E-state index contributed by atoms with van der Waals surface area (Å²) in [5.74, 6) is 1.14. The fraction of sp³-hybridized carbons (Fsp3) is 0.350. The van der Waals surface area contributed by atoms with Crippen LogP contribution in [-0.2, 0) is 10.0 Å². The minimum Gasteiger partial charge on any atom is -0.497 e. The number of ether oxygens (including phenoxy) is 2. The number of carbonyl (C=O) groups excluding carboxylic acids is 1. The Morgan fingerprint density at radius 1 is 1.18 bits per heavy atom. The summed E-state index contributed by atoms with van der Waals surface area (Å²) in [6, 6.07) is 11.6. The molecule has 1 atom stereocenters. The first-order chi connectivity index (χ1) is 13.1. The minimum absolute atomic E-state index is 0.217. The zero-order valence-electron chi connectivity index (χ0n) is 16.3. The van der Waals surface area contributed by atoms with Crippen molar-refractivity contribution in [1.82, 2.24) is 5.32 Å². The molecule has 0 aromatic heterocycles. The summed E-state index contributed by atoms with van der Waals surface area (Å²) in [5, 5.41) is 3.05. The van der Waals surface area contributed by atoms with Crippen LogP contribution in [0.5, 0.6) is 11.5 Å². The summed E-state index contributed by atoms with van der Waals surface area (Å²) in [7, 11) is -1.77. The third-order valence-electron chi connectivity index (χ3n) is 4.43. The molecule has 0 spiro atoms. The van der Waals surface area contributed by atoms with Gasteiger partial charge in [0.2, 0.25) is 10.0 Å². The lowest BCUT2D eigenvalue weighted by Gasteiger charge is -2.38. The molecule has 0 saturated carbocycles. The number of hydrogen-bond acceptors (Lipinski definition) is 5. The van der Waals surface area contributed by atoms with Crippen LogP contribution in [-0.4, -0.2) is 33.3 Å². The SMILES string of the molecule is COc1ccc2c(c1)OC(C)(C)CC2NC(=O)c1ccc(NS(C)(=O)=O)cc1. The molecular weight excluding hydrogens is 380 g/mol. The molecule has 1 unspecified atom stereocenters. The van der Waals surface area contributed by atoms with Crippen LogP contribution in [0.1, 0.15) is 42.2 Å². The second-order valence-electron chi connectivity index (χ2n) is 7.45. The monoisotopic (exact) mass is 404 g/mol. The first kappa shape index (κ1) is 20.0. The number of fused-ring (bicyclic) bond motifs is 1. The van der Waals surface area contributed by atoms with E-state index in [0.29, 0.717) is 29.2 Å². The number of methoxy groups -OCH3 is 1. The molecule has 0 saturated heterocycles. The van der Waals surface area contributed by atoms with Gasteiger partial charge in [0.15, 0.2) is 0 Å². The molecule has 7 nitrogen and oxygen atoms in total. The van der Waals surface area contributed by atoms with Crippen molar-refractivity contribution in [3.8, 4) is 11.5 Å². The molecule has 2 aromatic rings. The molecule has 0 bridgehead atoms. The normalized spacial score (nSPS) is 17.8. The number of hydrogen-bond donors (Lipinski definition) is 2. The molecular formula is C20H24N2O5S. The highest BCUT2D eigenvalue weighted by atomic mass is 32.2. The summed E-state index contributed by atoms with van der Waals surface area (Å²) in [6.07, 6.45) is 1.69. The van der Waals surface area contributed by atoms with Gasteiger partial charge in [0, 0.05) is 29.3 Å². The van der Waals surface area contributed by atoms with Crippen LogP contribution in [0.4, 0.5) is 5.69 Å². The molecule has 0 aliphatic carbocycles. The van der Waals surface area contributed by atoms with Crippen LogP contribution in [0.3, 0.4) is 0 Å². The van der Waals surface area contributed by atoms with Crippen molar-refractivity contribution in [2.75, 3.05) is 18.1 Å². The van der Waals surface area contributed by atoms with Crippen LogP contribution < -0.4 is 19.5 Å². The Labute approximate surface area is 165 Å². The van der Waals surface area contributed by atoms with E-state index in [9.17, 15) is 13.2 Å². The zero-order valence-corrected chi connectivity index (χ0v) is 17.1. The van der Waals surface area contributed by atoms with Crippen molar-refractivity contribution >= 4 is 21.6 Å². The Morgan fingerprint density at radius 3 is 2.46 bits per heavy atom. The van der Waals surface area contributed by atoms with Crippen molar-refractivity contribution < 1.29 is 22.7 Å². The van der Waals surface area contributed by atoms with Gasteiger partial charge in [-0.2, -0.15) is 0 Å². The maximum Gasteiger partial charge on any atom is 0.251 e. The Balaban J connectivity index is 1.80. The fourth-order valence-electron chi connectivity index (χ4n) is 3.23. The van der Waals surface area contributed by atoms with E-state index in [0.717, 1.165) is 11.8 Å². The molecule has 1 aliphatic heterocycles. The average Bonchev–Trinajstić information content (AvgIpc) is 2.59. The molecule has 2 aromatic carbocycles. The summed E-state index contributed by atoms with van der Waals surface area (Å²) in [6.45, 7) is 3.94. The van der Waals surface area contributed by atoms with Gasteiger partial charge in [0.1, 0.15) is 17.1 Å². The van der Waals surface area contributed by atoms with Crippen molar-refractivity contribution in [2.24, 2.45) is 0 Å². The number of carbonyl (C=O) groups is 1. The van der Waals surface area contributed by atoms with E-state index in [1.807, 2.05) is 32.0 Å². The van der Waals surface area contributed by atoms with E-state index in [1.54, 1.807) is 31.4 Å². The van der Waals surface area contributed by atoms with E-state index in [2.05, 4.69) is 10.0 Å². The van der Waals surface area contributed by atoms with Gasteiger partial charge in [-0.15, -0.1) is 0 Å². The Bertz CT molecular complexity index is 984. The predicted octanol–water partition coefficient (Wildman–Crippen LogP) is 3.10. The van der Waals surface area contributed by atoms with Gasteiger partial charge in [-0.3, -0.25) is 9.52 Å². The zero-order chi connectivity index (χ0) is 20.5. The number of nitrogens with one attached hydrogen (secondary N) is 2. The predicted molar refractivity (Wildman–Crippen MR) is 107 cm³/mol. The highest BCUT2D eigenvalue weighted by Gasteiger charge is 2.35. The maximum absolute atomic E-state index is 12.7. The van der Waals surface area contributed by atoms with Crippen LogP contribution in [0.25, 0.3) is 0 Å². The van der Waals surface area contributed by atoms with Gasteiger partial charge < -0.3 is 14.8 Å². The van der Waals surface area contributed by atoms with Crippen LogP contribution in [0, 0.1) is 0 Å². The molecule has 0 fully saturated rings. The van der Waals surface area contributed by atoms with E-state index >= 15 is 0 Å². The van der Waals surface area contributed by atoms with Gasteiger partial charge in [0.05, 0.1) is 19.4 Å². The van der Waals surface area contributed by atoms with Crippen molar-refractivity contribution in [1.29, 1.82) is 0 Å². The smallest absolute Gasteiger partial charge is 0.251 e. The quantitative estimate of drug-likeness (QED) is 0.799. The topological polar surface area (TPSA) is 93.7 Å². The molecule has 1 heterocycles. The van der Waals surface area contributed by atoms with Crippen LogP contribution >= 0.6 is 0 Å². The Kier molecular flexibility index (Phi) is 5.25. The third kappa shape index (κ3) is 4.75. The van der Waals surface area contributed by atoms with E-state index < -0.39 is 15.6 Å². The molecule has 28 heavy (non-hydrogen) atoms. The Morgan fingerprint density at radius 2 is 1.86 bits per heavy atom. The van der Waals surface area contributed by atoms with Gasteiger partial charge in [-0.25, -0.2) is 8.42 Å². The lowest BCUT2D eigenvalue weighted by Crippen LogP contribution is -2.41. The van der Waals surface area contributed by atoms with Gasteiger partial charge in [0.25, 0.3) is 5.91 Å². The lowest BCUT2D eigenvalue weighted by molar-refractivity contribution is 0.0617. The highest BCUT2D eigenvalue weighted by molar-refractivity contribution is 7.92. The van der Waals surface area contributed by atoms with Crippen molar-refractivity contribution in [3.05, 3.63) is 53.6 Å². The molecule has 1 aliphatic rings. The van der Waals surface area contributed by atoms with E-state index in [1.165, 1.54) is 0 Å². The van der Waals surface area contributed by atoms with Crippen LogP contribution in [0.15, 0.2) is 42.5 Å². The second-order valence-corrected chi connectivity index (χ2v) is 9.20. The van der Waals surface area contributed by atoms with E-state index in [-0.39, 0.29) is 11.9 Å². The van der Waals surface area contributed by atoms with Crippen LogP contribution in [0.2, 0.25) is 0 Å². The minimum atomic E-state index is -3.36. The van der Waals surface area contributed by atoms with Gasteiger partial charge in [-0.05, 0) is 50.2 Å². The molecule has 150 valence electrons. The first-order valence-electron chi connectivity index (χ1n) is 8.82.